The molecule has 0 unspecified atom stereocenters. The Morgan fingerprint density at radius 3 is 2.58 bits per heavy atom. The van der Waals surface area contributed by atoms with E-state index in [-0.39, 0.29) is 0 Å². The van der Waals surface area contributed by atoms with Crippen LogP contribution in [-0.4, -0.2) is 30.0 Å². The molecule has 3 atom stereocenters. The second kappa shape index (κ2) is 7.35. The fourth-order valence-electron chi connectivity index (χ4n) is 3.37. The molecule has 106 valence electrons. The summed E-state index contributed by atoms with van der Waals surface area (Å²) in [6, 6.07) is 11.6. The minimum absolute atomic E-state index is 0.582. The van der Waals surface area contributed by atoms with Crippen LogP contribution in [0.4, 0.5) is 0 Å². The maximum absolute atomic E-state index is 2.42. The standard InChI is InChI=1S/C17H27NS/c1-4-13-19-16-12-8-11-15(16)17(18(2)3)14-9-6-5-7-10-14/h5-7,9-10,15-17H,4,8,11-13H2,1-3H3/t15-,16+,17-/m1/s1. The number of benzene rings is 1. The average molecular weight is 277 g/mol. The van der Waals surface area contributed by atoms with Crippen molar-refractivity contribution in [3.05, 3.63) is 35.9 Å². The van der Waals surface area contributed by atoms with Gasteiger partial charge < -0.3 is 4.90 Å². The molecular formula is C17H27NS. The van der Waals surface area contributed by atoms with Gasteiger partial charge in [0.25, 0.3) is 0 Å². The van der Waals surface area contributed by atoms with Crippen LogP contribution >= 0.6 is 11.8 Å². The molecule has 0 amide bonds. The summed E-state index contributed by atoms with van der Waals surface area (Å²) in [7, 11) is 4.47. The lowest BCUT2D eigenvalue weighted by atomic mass is 9.90. The molecule has 1 aliphatic carbocycles. The predicted molar refractivity (Wildman–Crippen MR) is 86.7 cm³/mol. The monoisotopic (exact) mass is 277 g/mol. The topological polar surface area (TPSA) is 3.24 Å². The van der Waals surface area contributed by atoms with Gasteiger partial charge in [-0.3, -0.25) is 0 Å². The van der Waals surface area contributed by atoms with Gasteiger partial charge in [0.2, 0.25) is 0 Å². The lowest BCUT2D eigenvalue weighted by Crippen LogP contribution is -2.30. The van der Waals surface area contributed by atoms with Gasteiger partial charge in [-0.15, -0.1) is 0 Å². The molecule has 0 N–H and O–H groups in total. The van der Waals surface area contributed by atoms with E-state index in [4.69, 9.17) is 0 Å². The van der Waals surface area contributed by atoms with Crippen molar-refractivity contribution in [2.45, 2.75) is 43.9 Å². The molecule has 1 saturated carbocycles. The van der Waals surface area contributed by atoms with Crippen LogP contribution < -0.4 is 0 Å². The molecule has 0 saturated heterocycles. The Hall–Kier alpha value is -0.470. The zero-order valence-corrected chi connectivity index (χ0v) is 13.3. The minimum atomic E-state index is 0.582. The third-order valence-electron chi connectivity index (χ3n) is 4.14. The molecule has 0 aromatic heterocycles. The number of hydrogen-bond acceptors (Lipinski definition) is 2. The van der Waals surface area contributed by atoms with E-state index in [0.29, 0.717) is 6.04 Å². The van der Waals surface area contributed by atoms with Crippen molar-refractivity contribution in [3.8, 4) is 0 Å². The Bertz CT molecular complexity index is 363. The van der Waals surface area contributed by atoms with E-state index >= 15 is 0 Å². The summed E-state index contributed by atoms with van der Waals surface area (Å²) in [4.78, 5) is 2.42. The second-order valence-electron chi connectivity index (χ2n) is 5.82. The zero-order chi connectivity index (χ0) is 13.7. The fraction of sp³-hybridized carbons (Fsp3) is 0.647. The molecule has 0 heterocycles. The van der Waals surface area contributed by atoms with Gasteiger partial charge in [0.05, 0.1) is 0 Å². The van der Waals surface area contributed by atoms with Crippen molar-refractivity contribution >= 4 is 11.8 Å². The summed E-state index contributed by atoms with van der Waals surface area (Å²) < 4.78 is 0. The highest BCUT2D eigenvalue weighted by molar-refractivity contribution is 7.99. The lowest BCUT2D eigenvalue weighted by Gasteiger charge is -2.34. The van der Waals surface area contributed by atoms with Gasteiger partial charge in [-0.05, 0) is 50.6 Å². The molecule has 0 aliphatic heterocycles. The molecule has 1 nitrogen and oxygen atoms in total. The first-order valence-electron chi connectivity index (χ1n) is 7.57. The quantitative estimate of drug-likeness (QED) is 0.747. The van der Waals surface area contributed by atoms with Crippen LogP contribution in [0, 0.1) is 5.92 Å². The van der Waals surface area contributed by atoms with Crippen LogP contribution in [-0.2, 0) is 0 Å². The van der Waals surface area contributed by atoms with Gasteiger partial charge >= 0.3 is 0 Å². The smallest absolute Gasteiger partial charge is 0.0380 e. The number of hydrogen-bond donors (Lipinski definition) is 0. The molecular weight excluding hydrogens is 250 g/mol. The van der Waals surface area contributed by atoms with E-state index in [0.717, 1.165) is 11.2 Å². The minimum Gasteiger partial charge on any atom is -0.302 e. The average Bonchev–Trinajstić information content (AvgIpc) is 2.85. The lowest BCUT2D eigenvalue weighted by molar-refractivity contribution is 0.217. The Morgan fingerprint density at radius 2 is 1.95 bits per heavy atom. The van der Waals surface area contributed by atoms with Gasteiger partial charge in [-0.25, -0.2) is 0 Å². The molecule has 1 aliphatic rings. The molecule has 0 radical (unpaired) electrons. The Balaban J connectivity index is 2.14. The zero-order valence-electron chi connectivity index (χ0n) is 12.5. The number of nitrogens with zero attached hydrogens (tertiary/aromatic N) is 1. The van der Waals surface area contributed by atoms with Crippen molar-refractivity contribution < 1.29 is 0 Å². The predicted octanol–water partition coefficient (Wildman–Crippen LogP) is 4.60. The van der Waals surface area contributed by atoms with E-state index in [1.807, 2.05) is 0 Å². The summed E-state index contributed by atoms with van der Waals surface area (Å²) in [5.41, 5.74) is 1.49. The van der Waals surface area contributed by atoms with Crippen LogP contribution in [0.2, 0.25) is 0 Å². The first-order chi connectivity index (χ1) is 9.24. The summed E-state index contributed by atoms with van der Waals surface area (Å²) >= 11 is 2.21. The van der Waals surface area contributed by atoms with Gasteiger partial charge in [-0.1, -0.05) is 43.7 Å². The molecule has 1 aromatic carbocycles. The van der Waals surface area contributed by atoms with E-state index in [1.54, 1.807) is 0 Å². The highest BCUT2D eigenvalue weighted by atomic mass is 32.2. The van der Waals surface area contributed by atoms with E-state index < -0.39 is 0 Å². The highest BCUT2D eigenvalue weighted by Gasteiger charge is 2.35. The van der Waals surface area contributed by atoms with Crippen LogP contribution in [0.15, 0.2) is 30.3 Å². The second-order valence-corrected chi connectivity index (χ2v) is 7.17. The van der Waals surface area contributed by atoms with Crippen molar-refractivity contribution in [1.82, 2.24) is 4.90 Å². The summed E-state index contributed by atoms with van der Waals surface area (Å²) in [6.07, 6.45) is 5.50. The van der Waals surface area contributed by atoms with E-state index in [1.165, 1.54) is 37.0 Å². The van der Waals surface area contributed by atoms with Gasteiger partial charge in [0.1, 0.15) is 0 Å². The molecule has 2 rings (SSSR count). The maximum Gasteiger partial charge on any atom is 0.0380 e. The van der Waals surface area contributed by atoms with Crippen molar-refractivity contribution in [2.75, 3.05) is 19.8 Å². The maximum atomic E-state index is 2.42. The molecule has 0 bridgehead atoms. The molecule has 19 heavy (non-hydrogen) atoms. The van der Waals surface area contributed by atoms with Crippen LogP contribution in [0.1, 0.15) is 44.2 Å². The first kappa shape index (κ1) is 14.9. The SMILES string of the molecule is CCCS[C@H]1CCC[C@H]1[C@@H](c1ccccc1)N(C)C. The molecule has 1 fully saturated rings. The van der Waals surface area contributed by atoms with Crippen molar-refractivity contribution in [1.29, 1.82) is 0 Å². The van der Waals surface area contributed by atoms with Crippen LogP contribution in [0.3, 0.4) is 0 Å². The van der Waals surface area contributed by atoms with Crippen LogP contribution in [0.5, 0.6) is 0 Å². The third kappa shape index (κ3) is 3.76. The van der Waals surface area contributed by atoms with Crippen LogP contribution in [0.25, 0.3) is 0 Å². The Kier molecular flexibility index (Phi) is 5.77. The summed E-state index contributed by atoms with van der Waals surface area (Å²) in [6.45, 7) is 2.29. The molecule has 0 spiro atoms. The van der Waals surface area contributed by atoms with Crippen molar-refractivity contribution in [2.24, 2.45) is 5.92 Å². The fourth-order valence-corrected chi connectivity index (χ4v) is 4.77. The van der Waals surface area contributed by atoms with E-state index in [2.05, 4.69) is 68.0 Å². The molecule has 1 aromatic rings. The third-order valence-corrected chi connectivity index (χ3v) is 5.80. The normalized spacial score (nSPS) is 24.8. The molecule has 2 heteroatoms. The highest BCUT2D eigenvalue weighted by Crippen LogP contribution is 2.44. The van der Waals surface area contributed by atoms with Gasteiger partial charge in [-0.2, -0.15) is 11.8 Å². The van der Waals surface area contributed by atoms with Crippen molar-refractivity contribution in [3.63, 3.8) is 0 Å². The number of rotatable bonds is 6. The van der Waals surface area contributed by atoms with Gasteiger partial charge in [0, 0.05) is 11.3 Å². The van der Waals surface area contributed by atoms with Gasteiger partial charge in [0.15, 0.2) is 0 Å². The Morgan fingerprint density at radius 1 is 1.21 bits per heavy atom. The largest absolute Gasteiger partial charge is 0.302 e. The first-order valence-corrected chi connectivity index (χ1v) is 8.62. The van der Waals surface area contributed by atoms with E-state index in [9.17, 15) is 0 Å². The summed E-state index contributed by atoms with van der Waals surface area (Å²) in [5, 5.41) is 0.854. The number of thioether (sulfide) groups is 1. The summed E-state index contributed by atoms with van der Waals surface area (Å²) in [5.74, 6) is 2.13. The Labute approximate surface area is 122 Å².